The number of aryl methyl sites for hydroxylation is 2. The van der Waals surface area contributed by atoms with Crippen molar-refractivity contribution < 1.29 is 22.7 Å². The van der Waals surface area contributed by atoms with E-state index in [4.69, 9.17) is 27.9 Å². The van der Waals surface area contributed by atoms with Crippen molar-refractivity contribution in [2.75, 3.05) is 18.0 Å². The summed E-state index contributed by atoms with van der Waals surface area (Å²) < 4.78 is 35.0. The molecule has 1 fully saturated rings. The van der Waals surface area contributed by atoms with Crippen molar-refractivity contribution in [3.8, 4) is 5.75 Å². The molecule has 0 saturated heterocycles. The number of anilines is 1. The topological polar surface area (TPSA) is 96.0 Å². The lowest BCUT2D eigenvalue weighted by molar-refractivity contribution is -0.139. The summed E-state index contributed by atoms with van der Waals surface area (Å²) in [7, 11) is -2.80. The Morgan fingerprint density at radius 3 is 2.25 bits per heavy atom. The summed E-state index contributed by atoms with van der Waals surface area (Å²) in [5.41, 5.74) is 2.46. The number of amides is 2. The molecular formula is C33H39Cl2N3O5S. The first-order chi connectivity index (χ1) is 20.9. The number of methoxy groups -OCH3 is 1. The van der Waals surface area contributed by atoms with Gasteiger partial charge in [0.15, 0.2) is 0 Å². The van der Waals surface area contributed by atoms with Crippen LogP contribution in [0.25, 0.3) is 0 Å². The number of rotatable bonds is 11. The molecule has 2 amide bonds. The van der Waals surface area contributed by atoms with Crippen molar-refractivity contribution in [2.45, 2.75) is 76.4 Å². The molecule has 11 heteroatoms. The highest BCUT2D eigenvalue weighted by atomic mass is 35.5. The standard InChI is InChI=1S/C33H39Cl2N3O5S/c1-22-10-15-28(16-11-22)44(41,42)38(30-18-23(2)12-17-31(30)43-4)21-32(39)37(20-25-13-14-26(34)19-29(25)35)24(3)33(40)36-27-8-6-5-7-9-27/h10-19,24,27H,5-9,20-21H2,1-4H3,(H,36,40). The minimum atomic E-state index is -4.24. The Morgan fingerprint density at radius 1 is 0.955 bits per heavy atom. The van der Waals surface area contributed by atoms with E-state index in [-0.39, 0.29) is 34.8 Å². The summed E-state index contributed by atoms with van der Waals surface area (Å²) in [6.45, 7) is 4.72. The van der Waals surface area contributed by atoms with E-state index in [1.165, 1.54) is 24.1 Å². The van der Waals surface area contributed by atoms with Crippen molar-refractivity contribution in [2.24, 2.45) is 0 Å². The lowest BCUT2D eigenvalue weighted by Gasteiger charge is -2.33. The second-order valence-electron chi connectivity index (χ2n) is 11.3. The first-order valence-electron chi connectivity index (χ1n) is 14.7. The molecule has 4 rings (SSSR count). The number of sulfonamides is 1. The Labute approximate surface area is 270 Å². The first-order valence-corrected chi connectivity index (χ1v) is 16.9. The molecule has 1 saturated carbocycles. The molecule has 1 unspecified atom stereocenters. The zero-order valence-electron chi connectivity index (χ0n) is 25.5. The lowest BCUT2D eigenvalue weighted by Crippen LogP contribution is -2.53. The van der Waals surface area contributed by atoms with Crippen molar-refractivity contribution in [1.82, 2.24) is 10.2 Å². The molecule has 0 aliphatic heterocycles. The van der Waals surface area contributed by atoms with Crippen LogP contribution >= 0.6 is 23.2 Å². The van der Waals surface area contributed by atoms with Gasteiger partial charge in [0.1, 0.15) is 18.3 Å². The fourth-order valence-electron chi connectivity index (χ4n) is 5.33. The number of carbonyl (C=O) groups excluding carboxylic acids is 2. The maximum absolute atomic E-state index is 14.3. The molecule has 0 bridgehead atoms. The highest BCUT2D eigenvalue weighted by Gasteiger charge is 2.34. The fraction of sp³-hybridized carbons (Fsp3) is 0.394. The Hall–Kier alpha value is -3.27. The van der Waals surface area contributed by atoms with Gasteiger partial charge in [-0.1, -0.05) is 72.3 Å². The second-order valence-corrected chi connectivity index (χ2v) is 14.0. The molecule has 3 aromatic rings. The molecule has 0 aromatic heterocycles. The quantitative estimate of drug-likeness (QED) is 0.248. The number of hydrogen-bond donors (Lipinski definition) is 1. The molecule has 3 aromatic carbocycles. The molecule has 0 heterocycles. The molecule has 44 heavy (non-hydrogen) atoms. The summed E-state index contributed by atoms with van der Waals surface area (Å²) in [4.78, 5) is 29.2. The number of nitrogens with one attached hydrogen (secondary N) is 1. The SMILES string of the molecule is COc1ccc(C)cc1N(CC(=O)N(Cc1ccc(Cl)cc1Cl)C(C)C(=O)NC1CCCCC1)S(=O)(=O)c1ccc(C)cc1. The smallest absolute Gasteiger partial charge is 0.264 e. The van der Waals surface area contributed by atoms with Gasteiger partial charge in [-0.25, -0.2) is 8.42 Å². The van der Waals surface area contributed by atoms with E-state index in [1.54, 1.807) is 55.5 Å². The lowest BCUT2D eigenvalue weighted by atomic mass is 9.95. The van der Waals surface area contributed by atoms with Crippen LogP contribution in [0.2, 0.25) is 10.0 Å². The summed E-state index contributed by atoms with van der Waals surface area (Å²) >= 11 is 12.6. The van der Waals surface area contributed by atoms with Gasteiger partial charge in [-0.15, -0.1) is 0 Å². The van der Waals surface area contributed by atoms with Gasteiger partial charge in [0.2, 0.25) is 11.8 Å². The highest BCUT2D eigenvalue weighted by molar-refractivity contribution is 7.92. The summed E-state index contributed by atoms with van der Waals surface area (Å²) in [5, 5.41) is 3.86. The number of ether oxygens (including phenoxy) is 1. The third-order valence-electron chi connectivity index (χ3n) is 7.97. The van der Waals surface area contributed by atoms with E-state index in [1.807, 2.05) is 13.8 Å². The van der Waals surface area contributed by atoms with E-state index in [0.717, 1.165) is 47.5 Å². The average Bonchev–Trinajstić information content (AvgIpc) is 2.99. The van der Waals surface area contributed by atoms with Crippen LogP contribution in [0.15, 0.2) is 65.6 Å². The summed E-state index contributed by atoms with van der Waals surface area (Å²) in [6, 6.07) is 15.6. The normalized spacial score (nSPS) is 14.5. The Balaban J connectivity index is 1.75. The minimum Gasteiger partial charge on any atom is -0.495 e. The average molecular weight is 661 g/mol. The summed E-state index contributed by atoms with van der Waals surface area (Å²) in [6.07, 6.45) is 4.96. The van der Waals surface area contributed by atoms with Gasteiger partial charge in [0.25, 0.3) is 10.0 Å². The van der Waals surface area contributed by atoms with Crippen LogP contribution in [0.5, 0.6) is 5.75 Å². The van der Waals surface area contributed by atoms with Crippen LogP contribution in [0, 0.1) is 13.8 Å². The fourth-order valence-corrected chi connectivity index (χ4v) is 7.22. The molecule has 1 N–H and O–H groups in total. The maximum Gasteiger partial charge on any atom is 0.264 e. The molecule has 8 nitrogen and oxygen atoms in total. The van der Waals surface area contributed by atoms with Gasteiger partial charge in [-0.05, 0) is 81.1 Å². The maximum atomic E-state index is 14.3. The van der Waals surface area contributed by atoms with E-state index >= 15 is 0 Å². The van der Waals surface area contributed by atoms with Crippen LogP contribution in [0.4, 0.5) is 5.69 Å². The van der Waals surface area contributed by atoms with E-state index < -0.39 is 28.5 Å². The van der Waals surface area contributed by atoms with Crippen molar-refractivity contribution in [3.05, 3.63) is 87.4 Å². The van der Waals surface area contributed by atoms with E-state index in [0.29, 0.717) is 15.6 Å². The Bertz CT molecular complexity index is 1590. The highest BCUT2D eigenvalue weighted by Crippen LogP contribution is 2.34. The number of nitrogens with zero attached hydrogens (tertiary/aromatic N) is 2. The Kier molecular flexibility index (Phi) is 11.2. The second kappa shape index (κ2) is 14.7. The first kappa shape index (κ1) is 33.6. The van der Waals surface area contributed by atoms with E-state index in [2.05, 4.69) is 5.32 Å². The third kappa shape index (κ3) is 8.06. The molecule has 0 spiro atoms. The minimum absolute atomic E-state index is 0.0230. The predicted molar refractivity (Wildman–Crippen MR) is 175 cm³/mol. The Morgan fingerprint density at radius 2 is 1.61 bits per heavy atom. The predicted octanol–water partition coefficient (Wildman–Crippen LogP) is 6.68. The van der Waals surface area contributed by atoms with Gasteiger partial charge >= 0.3 is 0 Å². The van der Waals surface area contributed by atoms with E-state index in [9.17, 15) is 18.0 Å². The number of halogens is 2. The van der Waals surface area contributed by atoms with Crippen LogP contribution in [-0.4, -0.2) is 50.9 Å². The van der Waals surface area contributed by atoms with Crippen LogP contribution in [0.1, 0.15) is 55.7 Å². The molecule has 0 radical (unpaired) electrons. The van der Waals surface area contributed by atoms with Crippen LogP contribution in [-0.2, 0) is 26.2 Å². The number of carbonyl (C=O) groups is 2. The third-order valence-corrected chi connectivity index (χ3v) is 10.3. The molecule has 1 aliphatic rings. The molecule has 1 atom stereocenters. The molecule has 1 aliphatic carbocycles. The zero-order chi connectivity index (χ0) is 32.0. The van der Waals surface area contributed by atoms with Gasteiger partial charge in [0, 0.05) is 22.6 Å². The van der Waals surface area contributed by atoms with Gasteiger partial charge in [-0.2, -0.15) is 0 Å². The monoisotopic (exact) mass is 659 g/mol. The molecule has 236 valence electrons. The number of hydrogen-bond acceptors (Lipinski definition) is 5. The van der Waals surface area contributed by atoms with Gasteiger partial charge < -0.3 is 15.0 Å². The van der Waals surface area contributed by atoms with Gasteiger partial charge in [-0.3, -0.25) is 13.9 Å². The van der Waals surface area contributed by atoms with Crippen molar-refractivity contribution in [1.29, 1.82) is 0 Å². The largest absolute Gasteiger partial charge is 0.495 e. The number of benzene rings is 3. The van der Waals surface area contributed by atoms with Crippen LogP contribution in [0.3, 0.4) is 0 Å². The molecular weight excluding hydrogens is 621 g/mol. The van der Waals surface area contributed by atoms with Crippen LogP contribution < -0.4 is 14.4 Å². The van der Waals surface area contributed by atoms with Gasteiger partial charge in [0.05, 0.1) is 17.7 Å². The zero-order valence-corrected chi connectivity index (χ0v) is 27.8. The van der Waals surface area contributed by atoms with Crippen molar-refractivity contribution in [3.63, 3.8) is 0 Å². The van der Waals surface area contributed by atoms with Crippen molar-refractivity contribution >= 4 is 50.7 Å². The summed E-state index contributed by atoms with van der Waals surface area (Å²) in [5.74, 6) is -0.604.